The van der Waals surface area contributed by atoms with Crippen LogP contribution in [-0.4, -0.2) is 40.0 Å². The first-order valence-corrected chi connectivity index (χ1v) is 6.81. The largest absolute Gasteiger partial charge is 0.338 e. The second kappa shape index (κ2) is 5.65. The van der Waals surface area contributed by atoms with Crippen molar-refractivity contribution in [2.75, 3.05) is 19.0 Å². The van der Waals surface area contributed by atoms with E-state index >= 15 is 0 Å². The predicted molar refractivity (Wildman–Crippen MR) is 70.9 cm³/mol. The van der Waals surface area contributed by atoms with Crippen LogP contribution in [0.25, 0.3) is 0 Å². The van der Waals surface area contributed by atoms with Gasteiger partial charge in [0.05, 0.1) is 17.0 Å². The number of carbonyl (C=O) groups excluding carboxylic acids is 1. The Morgan fingerprint density at radius 3 is 3.00 bits per heavy atom. The molecule has 18 heavy (non-hydrogen) atoms. The first-order valence-electron chi connectivity index (χ1n) is 6.28. The zero-order valence-electron chi connectivity index (χ0n) is 10.8. The summed E-state index contributed by atoms with van der Waals surface area (Å²) >= 11 is 5.89. The summed E-state index contributed by atoms with van der Waals surface area (Å²) in [5.74, 6) is 1.09. The highest BCUT2D eigenvalue weighted by Crippen LogP contribution is 2.20. The maximum Gasteiger partial charge on any atom is 0.255 e. The molecule has 1 atom stereocenters. The molecule has 0 aromatic carbocycles. The average Bonchev–Trinajstić information content (AvgIpc) is 2.41. The minimum absolute atomic E-state index is 0.0558. The standard InChI is InChI=1S/C13H18ClN3O/c1-9-6-12(10(2)16-15-9)13(18)17-5-3-4-11(7-14)8-17/h6,11H,3-5,7-8H2,1-2H3. The molecule has 0 N–H and O–H groups in total. The zero-order chi connectivity index (χ0) is 13.1. The monoisotopic (exact) mass is 267 g/mol. The van der Waals surface area contributed by atoms with Gasteiger partial charge in [0.1, 0.15) is 0 Å². The summed E-state index contributed by atoms with van der Waals surface area (Å²) in [7, 11) is 0. The van der Waals surface area contributed by atoms with Crippen molar-refractivity contribution in [1.82, 2.24) is 15.1 Å². The van der Waals surface area contributed by atoms with Crippen LogP contribution in [0.5, 0.6) is 0 Å². The molecule has 0 saturated carbocycles. The van der Waals surface area contributed by atoms with E-state index in [1.54, 1.807) is 0 Å². The fourth-order valence-corrected chi connectivity index (χ4v) is 2.56. The first-order chi connectivity index (χ1) is 8.61. The molecular formula is C13H18ClN3O. The summed E-state index contributed by atoms with van der Waals surface area (Å²) in [5.41, 5.74) is 2.13. The second-order valence-electron chi connectivity index (χ2n) is 4.90. The van der Waals surface area contributed by atoms with Crippen LogP contribution in [0.15, 0.2) is 6.07 Å². The van der Waals surface area contributed by atoms with Crippen LogP contribution in [0, 0.1) is 19.8 Å². The molecule has 1 fully saturated rings. The zero-order valence-corrected chi connectivity index (χ0v) is 11.6. The van der Waals surface area contributed by atoms with E-state index in [1.165, 1.54) is 0 Å². The normalized spacial score (nSPS) is 19.9. The molecule has 2 heterocycles. The maximum atomic E-state index is 12.4. The highest BCUT2D eigenvalue weighted by molar-refractivity contribution is 6.18. The SMILES string of the molecule is Cc1cc(C(=O)N2CCCC(CCl)C2)c(C)nn1. The lowest BCUT2D eigenvalue weighted by molar-refractivity contribution is 0.0683. The van der Waals surface area contributed by atoms with E-state index < -0.39 is 0 Å². The molecular weight excluding hydrogens is 250 g/mol. The lowest BCUT2D eigenvalue weighted by Gasteiger charge is -2.32. The minimum atomic E-state index is 0.0558. The van der Waals surface area contributed by atoms with E-state index in [0.717, 1.165) is 31.6 Å². The van der Waals surface area contributed by atoms with Gasteiger partial charge < -0.3 is 4.90 Å². The summed E-state index contributed by atoms with van der Waals surface area (Å²) in [4.78, 5) is 14.3. The van der Waals surface area contributed by atoms with Crippen LogP contribution in [0.4, 0.5) is 0 Å². The Bertz CT molecular complexity index is 450. The molecule has 0 aliphatic carbocycles. The molecule has 98 valence electrons. The van der Waals surface area contributed by atoms with Crippen molar-refractivity contribution in [1.29, 1.82) is 0 Å². The van der Waals surface area contributed by atoms with E-state index in [2.05, 4.69) is 10.2 Å². The number of hydrogen-bond donors (Lipinski definition) is 0. The van der Waals surface area contributed by atoms with Crippen molar-refractivity contribution in [2.45, 2.75) is 26.7 Å². The van der Waals surface area contributed by atoms with E-state index in [-0.39, 0.29) is 5.91 Å². The Balaban J connectivity index is 2.17. The summed E-state index contributed by atoms with van der Waals surface area (Å²) in [6, 6.07) is 1.81. The lowest BCUT2D eigenvalue weighted by Crippen LogP contribution is -2.40. The van der Waals surface area contributed by atoms with Gasteiger partial charge in [-0.25, -0.2) is 0 Å². The number of nitrogens with zero attached hydrogens (tertiary/aromatic N) is 3. The Morgan fingerprint density at radius 2 is 2.28 bits per heavy atom. The topological polar surface area (TPSA) is 46.1 Å². The molecule has 1 aromatic heterocycles. The molecule has 1 aromatic rings. The van der Waals surface area contributed by atoms with Crippen LogP contribution >= 0.6 is 11.6 Å². The molecule has 4 nitrogen and oxygen atoms in total. The number of likely N-dealkylation sites (tertiary alicyclic amines) is 1. The van der Waals surface area contributed by atoms with E-state index in [4.69, 9.17) is 11.6 Å². The van der Waals surface area contributed by atoms with Crippen molar-refractivity contribution in [3.8, 4) is 0 Å². The van der Waals surface area contributed by atoms with Crippen molar-refractivity contribution < 1.29 is 4.79 Å². The Hall–Kier alpha value is -1.16. The third-order valence-corrected chi connectivity index (χ3v) is 3.79. The van der Waals surface area contributed by atoms with Gasteiger partial charge in [-0.05, 0) is 38.7 Å². The fraction of sp³-hybridized carbons (Fsp3) is 0.615. The predicted octanol–water partition coefficient (Wildman–Crippen LogP) is 2.18. The number of aromatic nitrogens is 2. The fourth-order valence-electron chi connectivity index (χ4n) is 2.31. The summed E-state index contributed by atoms with van der Waals surface area (Å²) < 4.78 is 0. The molecule has 1 unspecified atom stereocenters. The van der Waals surface area contributed by atoms with Gasteiger partial charge >= 0.3 is 0 Å². The van der Waals surface area contributed by atoms with Gasteiger partial charge in [0.2, 0.25) is 0 Å². The number of rotatable bonds is 2. The third kappa shape index (κ3) is 2.80. The van der Waals surface area contributed by atoms with E-state index in [9.17, 15) is 4.79 Å². The number of hydrogen-bond acceptors (Lipinski definition) is 3. The van der Waals surface area contributed by atoms with Crippen LogP contribution in [0.1, 0.15) is 34.6 Å². The molecule has 1 aliphatic rings. The van der Waals surface area contributed by atoms with Crippen molar-refractivity contribution in [3.63, 3.8) is 0 Å². The van der Waals surface area contributed by atoms with Crippen LogP contribution < -0.4 is 0 Å². The summed E-state index contributed by atoms with van der Waals surface area (Å²) in [6.07, 6.45) is 2.14. The summed E-state index contributed by atoms with van der Waals surface area (Å²) in [5, 5.41) is 7.97. The number of piperidine rings is 1. The lowest BCUT2D eigenvalue weighted by atomic mass is 9.99. The van der Waals surface area contributed by atoms with Gasteiger partial charge in [-0.3, -0.25) is 4.79 Å². The number of carbonyl (C=O) groups is 1. The molecule has 5 heteroatoms. The minimum Gasteiger partial charge on any atom is -0.338 e. The molecule has 0 radical (unpaired) electrons. The molecule has 1 saturated heterocycles. The molecule has 1 amide bonds. The quantitative estimate of drug-likeness (QED) is 0.772. The third-order valence-electron chi connectivity index (χ3n) is 3.36. The number of alkyl halides is 1. The van der Waals surface area contributed by atoms with Crippen LogP contribution in [-0.2, 0) is 0 Å². The molecule has 2 rings (SSSR count). The molecule has 1 aliphatic heterocycles. The van der Waals surface area contributed by atoms with Crippen LogP contribution in [0.2, 0.25) is 0 Å². The van der Waals surface area contributed by atoms with Gasteiger partial charge in [0.25, 0.3) is 5.91 Å². The van der Waals surface area contributed by atoms with Gasteiger partial charge in [0.15, 0.2) is 0 Å². The molecule has 0 spiro atoms. The second-order valence-corrected chi connectivity index (χ2v) is 5.21. The van der Waals surface area contributed by atoms with E-state index in [0.29, 0.717) is 23.1 Å². The van der Waals surface area contributed by atoms with E-state index in [1.807, 2.05) is 24.8 Å². The van der Waals surface area contributed by atoms with Gasteiger partial charge in [-0.15, -0.1) is 11.6 Å². The average molecular weight is 268 g/mol. The number of aryl methyl sites for hydroxylation is 2. The Kier molecular flexibility index (Phi) is 4.17. The van der Waals surface area contributed by atoms with Gasteiger partial charge in [-0.2, -0.15) is 10.2 Å². The van der Waals surface area contributed by atoms with Gasteiger partial charge in [0, 0.05) is 19.0 Å². The van der Waals surface area contributed by atoms with Crippen molar-refractivity contribution >= 4 is 17.5 Å². The Labute approximate surface area is 112 Å². The number of halogens is 1. The van der Waals surface area contributed by atoms with Gasteiger partial charge in [-0.1, -0.05) is 0 Å². The molecule has 0 bridgehead atoms. The Morgan fingerprint density at radius 1 is 1.50 bits per heavy atom. The van der Waals surface area contributed by atoms with Crippen molar-refractivity contribution in [2.24, 2.45) is 5.92 Å². The number of amides is 1. The van der Waals surface area contributed by atoms with Crippen LogP contribution in [0.3, 0.4) is 0 Å². The summed E-state index contributed by atoms with van der Waals surface area (Å²) in [6.45, 7) is 5.24. The maximum absolute atomic E-state index is 12.4. The highest BCUT2D eigenvalue weighted by atomic mass is 35.5. The smallest absolute Gasteiger partial charge is 0.255 e. The van der Waals surface area contributed by atoms with Crippen molar-refractivity contribution in [3.05, 3.63) is 23.0 Å². The highest BCUT2D eigenvalue weighted by Gasteiger charge is 2.25. The first kappa shape index (κ1) is 13.3.